The van der Waals surface area contributed by atoms with Crippen molar-refractivity contribution in [2.45, 2.75) is 39.0 Å². The van der Waals surface area contributed by atoms with E-state index >= 15 is 0 Å². The predicted octanol–water partition coefficient (Wildman–Crippen LogP) is 3.94. The number of hydrogen-bond donors (Lipinski definition) is 1. The molecule has 1 fully saturated rings. The molecule has 0 spiro atoms. The van der Waals surface area contributed by atoms with Crippen LogP contribution in [-0.2, 0) is 11.2 Å². The van der Waals surface area contributed by atoms with Crippen molar-refractivity contribution < 1.29 is 9.53 Å². The summed E-state index contributed by atoms with van der Waals surface area (Å²) in [5, 5.41) is 3.07. The standard InChI is InChI=1S/C17H24BrNO2/c1-12(13-5-3-4-6-13)17(20)19-10-9-14-11-15(18)7-8-16(14)21-2/h7-8,11-13H,3-6,9-10H2,1-2H3,(H,19,20). The molecule has 1 N–H and O–H groups in total. The van der Waals surface area contributed by atoms with Crippen LogP contribution in [-0.4, -0.2) is 19.6 Å². The van der Waals surface area contributed by atoms with Gasteiger partial charge in [0, 0.05) is 16.9 Å². The van der Waals surface area contributed by atoms with Crippen molar-refractivity contribution in [3.05, 3.63) is 28.2 Å². The molecule has 116 valence electrons. The van der Waals surface area contributed by atoms with Gasteiger partial charge in [-0.1, -0.05) is 35.7 Å². The molecule has 4 heteroatoms. The van der Waals surface area contributed by atoms with E-state index in [0.717, 1.165) is 22.2 Å². The highest BCUT2D eigenvalue weighted by atomic mass is 79.9. The van der Waals surface area contributed by atoms with E-state index in [1.165, 1.54) is 25.7 Å². The van der Waals surface area contributed by atoms with Crippen LogP contribution in [0.4, 0.5) is 0 Å². The van der Waals surface area contributed by atoms with Crippen LogP contribution >= 0.6 is 15.9 Å². The van der Waals surface area contributed by atoms with E-state index in [1.807, 2.05) is 18.2 Å². The number of hydrogen-bond acceptors (Lipinski definition) is 2. The van der Waals surface area contributed by atoms with Gasteiger partial charge in [0.15, 0.2) is 0 Å². The van der Waals surface area contributed by atoms with Gasteiger partial charge in [-0.05, 0) is 48.9 Å². The minimum Gasteiger partial charge on any atom is -0.496 e. The van der Waals surface area contributed by atoms with Crippen LogP contribution in [0.5, 0.6) is 5.75 Å². The molecule has 0 aromatic heterocycles. The lowest BCUT2D eigenvalue weighted by atomic mass is 9.92. The lowest BCUT2D eigenvalue weighted by Crippen LogP contribution is -2.34. The lowest BCUT2D eigenvalue weighted by molar-refractivity contribution is -0.125. The van der Waals surface area contributed by atoms with E-state index in [1.54, 1.807) is 7.11 Å². The number of amides is 1. The van der Waals surface area contributed by atoms with Gasteiger partial charge in [-0.3, -0.25) is 4.79 Å². The number of ether oxygens (including phenoxy) is 1. The van der Waals surface area contributed by atoms with E-state index in [4.69, 9.17) is 4.74 Å². The monoisotopic (exact) mass is 353 g/mol. The second-order valence-corrected chi connectivity index (χ2v) is 6.75. The fourth-order valence-corrected chi connectivity index (χ4v) is 3.50. The van der Waals surface area contributed by atoms with E-state index in [-0.39, 0.29) is 11.8 Å². The number of carbonyl (C=O) groups is 1. The summed E-state index contributed by atoms with van der Waals surface area (Å²) < 4.78 is 6.38. The Morgan fingerprint density at radius 1 is 1.43 bits per heavy atom. The minimum absolute atomic E-state index is 0.136. The van der Waals surface area contributed by atoms with Gasteiger partial charge in [0.25, 0.3) is 0 Å². The quantitative estimate of drug-likeness (QED) is 0.840. The van der Waals surface area contributed by atoms with E-state index in [0.29, 0.717) is 12.5 Å². The topological polar surface area (TPSA) is 38.3 Å². The Kier molecular flexibility index (Phi) is 6.09. The van der Waals surface area contributed by atoms with Crippen LogP contribution in [0, 0.1) is 11.8 Å². The third-order valence-corrected chi connectivity index (χ3v) is 4.95. The summed E-state index contributed by atoms with van der Waals surface area (Å²) in [7, 11) is 1.67. The van der Waals surface area contributed by atoms with Crippen molar-refractivity contribution in [2.75, 3.05) is 13.7 Å². The summed E-state index contributed by atoms with van der Waals surface area (Å²) in [6.07, 6.45) is 5.74. The maximum Gasteiger partial charge on any atom is 0.223 e. The summed E-state index contributed by atoms with van der Waals surface area (Å²) >= 11 is 3.47. The molecule has 1 atom stereocenters. The van der Waals surface area contributed by atoms with Crippen LogP contribution in [0.3, 0.4) is 0 Å². The van der Waals surface area contributed by atoms with Gasteiger partial charge in [-0.2, -0.15) is 0 Å². The molecule has 1 aliphatic carbocycles. The van der Waals surface area contributed by atoms with Crippen LogP contribution < -0.4 is 10.1 Å². The summed E-state index contributed by atoms with van der Waals surface area (Å²) in [6.45, 7) is 2.72. The first-order chi connectivity index (χ1) is 10.1. The number of carbonyl (C=O) groups excluding carboxylic acids is 1. The predicted molar refractivity (Wildman–Crippen MR) is 88.5 cm³/mol. The van der Waals surface area contributed by atoms with Crippen molar-refractivity contribution in [2.24, 2.45) is 11.8 Å². The second kappa shape index (κ2) is 7.83. The van der Waals surface area contributed by atoms with Crippen molar-refractivity contribution in [1.82, 2.24) is 5.32 Å². The fraction of sp³-hybridized carbons (Fsp3) is 0.588. The van der Waals surface area contributed by atoms with Crippen molar-refractivity contribution >= 4 is 21.8 Å². The SMILES string of the molecule is COc1ccc(Br)cc1CCNC(=O)C(C)C1CCCC1. The molecule has 0 saturated heterocycles. The average Bonchev–Trinajstić information content (AvgIpc) is 3.00. The van der Waals surface area contributed by atoms with Crippen LogP contribution in [0.15, 0.2) is 22.7 Å². The van der Waals surface area contributed by atoms with E-state index in [9.17, 15) is 4.79 Å². The number of nitrogens with one attached hydrogen (secondary N) is 1. The van der Waals surface area contributed by atoms with Gasteiger partial charge < -0.3 is 10.1 Å². The number of rotatable bonds is 6. The van der Waals surface area contributed by atoms with Crippen molar-refractivity contribution in [3.63, 3.8) is 0 Å². The van der Waals surface area contributed by atoms with Gasteiger partial charge >= 0.3 is 0 Å². The highest BCUT2D eigenvalue weighted by molar-refractivity contribution is 9.10. The first-order valence-electron chi connectivity index (χ1n) is 7.72. The Bertz CT molecular complexity index is 484. The summed E-state index contributed by atoms with van der Waals surface area (Å²) in [6, 6.07) is 5.96. The Morgan fingerprint density at radius 3 is 2.81 bits per heavy atom. The zero-order chi connectivity index (χ0) is 15.2. The highest BCUT2D eigenvalue weighted by Gasteiger charge is 2.26. The molecular weight excluding hydrogens is 330 g/mol. The molecule has 0 aliphatic heterocycles. The smallest absolute Gasteiger partial charge is 0.223 e. The maximum absolute atomic E-state index is 12.2. The highest BCUT2D eigenvalue weighted by Crippen LogP contribution is 2.31. The molecule has 1 aromatic rings. The van der Waals surface area contributed by atoms with Crippen LogP contribution in [0.1, 0.15) is 38.2 Å². The van der Waals surface area contributed by atoms with Crippen LogP contribution in [0.25, 0.3) is 0 Å². The molecule has 21 heavy (non-hydrogen) atoms. The molecule has 0 bridgehead atoms. The fourth-order valence-electron chi connectivity index (χ4n) is 3.10. The van der Waals surface area contributed by atoms with Gasteiger partial charge in [-0.25, -0.2) is 0 Å². The maximum atomic E-state index is 12.2. The Labute approximate surface area is 135 Å². The summed E-state index contributed by atoms with van der Waals surface area (Å²) in [5.74, 6) is 1.77. The first-order valence-corrected chi connectivity index (χ1v) is 8.51. The zero-order valence-corrected chi connectivity index (χ0v) is 14.4. The van der Waals surface area contributed by atoms with Gasteiger partial charge in [0.05, 0.1) is 7.11 Å². The Balaban J connectivity index is 1.83. The Morgan fingerprint density at radius 2 is 2.14 bits per heavy atom. The molecule has 0 heterocycles. The molecule has 3 nitrogen and oxygen atoms in total. The third kappa shape index (κ3) is 4.47. The van der Waals surface area contributed by atoms with Crippen molar-refractivity contribution in [1.29, 1.82) is 0 Å². The van der Waals surface area contributed by atoms with E-state index in [2.05, 4.69) is 28.2 Å². The molecular formula is C17H24BrNO2. The number of benzene rings is 1. The minimum atomic E-state index is 0.136. The average molecular weight is 354 g/mol. The largest absolute Gasteiger partial charge is 0.496 e. The Hall–Kier alpha value is -1.03. The first kappa shape index (κ1) is 16.3. The number of halogens is 1. The summed E-state index contributed by atoms with van der Waals surface area (Å²) in [4.78, 5) is 12.2. The third-order valence-electron chi connectivity index (χ3n) is 4.46. The van der Waals surface area contributed by atoms with Crippen LogP contribution in [0.2, 0.25) is 0 Å². The normalized spacial score (nSPS) is 16.7. The van der Waals surface area contributed by atoms with Crippen molar-refractivity contribution in [3.8, 4) is 5.75 Å². The summed E-state index contributed by atoms with van der Waals surface area (Å²) in [5.41, 5.74) is 1.11. The second-order valence-electron chi connectivity index (χ2n) is 5.83. The molecule has 1 unspecified atom stereocenters. The number of methoxy groups -OCH3 is 1. The molecule has 1 aromatic carbocycles. The molecule has 1 amide bonds. The zero-order valence-electron chi connectivity index (χ0n) is 12.8. The molecule has 0 radical (unpaired) electrons. The molecule has 1 aliphatic rings. The molecule has 1 saturated carbocycles. The van der Waals surface area contributed by atoms with Gasteiger partial charge in [-0.15, -0.1) is 0 Å². The van der Waals surface area contributed by atoms with Gasteiger partial charge in [0.2, 0.25) is 5.91 Å². The lowest BCUT2D eigenvalue weighted by Gasteiger charge is -2.18. The molecule has 2 rings (SSSR count). The van der Waals surface area contributed by atoms with E-state index < -0.39 is 0 Å². The van der Waals surface area contributed by atoms with Gasteiger partial charge in [0.1, 0.15) is 5.75 Å².